The first-order chi connectivity index (χ1) is 12.1. The molecule has 0 amide bonds. The Bertz CT molecular complexity index is 714. The molecular formula is C19H29N3OS2. The van der Waals surface area contributed by atoms with Gasteiger partial charge in [-0.2, -0.15) is 0 Å². The van der Waals surface area contributed by atoms with Gasteiger partial charge in [-0.15, -0.1) is 11.3 Å². The molecule has 6 heteroatoms. The molecule has 4 nitrogen and oxygen atoms in total. The lowest BCUT2D eigenvalue weighted by atomic mass is 9.96. The predicted octanol–water partition coefficient (Wildman–Crippen LogP) is 5.43. The average molecular weight is 380 g/mol. The molecule has 0 aromatic carbocycles. The lowest BCUT2D eigenvalue weighted by Gasteiger charge is -2.26. The summed E-state index contributed by atoms with van der Waals surface area (Å²) in [5.74, 6) is 2.21. The van der Waals surface area contributed by atoms with Crippen molar-refractivity contribution in [2.45, 2.75) is 77.2 Å². The number of ether oxygens (including phenoxy) is 1. The van der Waals surface area contributed by atoms with Crippen molar-refractivity contribution in [3.63, 3.8) is 0 Å². The number of thiophene rings is 1. The second-order valence-corrected chi connectivity index (χ2v) is 9.28. The van der Waals surface area contributed by atoms with Crippen molar-refractivity contribution in [1.82, 2.24) is 9.97 Å². The van der Waals surface area contributed by atoms with Crippen LogP contribution in [0.25, 0.3) is 10.2 Å². The van der Waals surface area contributed by atoms with E-state index in [0.29, 0.717) is 18.3 Å². The van der Waals surface area contributed by atoms with E-state index in [-0.39, 0.29) is 6.10 Å². The van der Waals surface area contributed by atoms with Gasteiger partial charge in [0.2, 0.25) is 0 Å². The molecule has 1 atom stereocenters. The molecule has 0 saturated carbocycles. The zero-order valence-corrected chi connectivity index (χ0v) is 17.1. The van der Waals surface area contributed by atoms with E-state index in [4.69, 9.17) is 15.5 Å². The Hall–Kier alpha value is -0.850. The number of fused-ring (bicyclic) bond motifs is 3. The molecule has 3 heterocycles. The molecule has 1 aliphatic rings. The van der Waals surface area contributed by atoms with Gasteiger partial charge in [0.25, 0.3) is 0 Å². The van der Waals surface area contributed by atoms with Gasteiger partial charge in [-0.05, 0) is 17.9 Å². The molecule has 2 aromatic rings. The van der Waals surface area contributed by atoms with Crippen LogP contribution in [0.15, 0.2) is 5.16 Å². The van der Waals surface area contributed by atoms with Crippen LogP contribution in [0.3, 0.4) is 0 Å². The highest BCUT2D eigenvalue weighted by Crippen LogP contribution is 2.39. The topological polar surface area (TPSA) is 61.0 Å². The molecule has 0 bridgehead atoms. The number of anilines is 1. The summed E-state index contributed by atoms with van der Waals surface area (Å²) < 4.78 is 5.99. The highest BCUT2D eigenvalue weighted by atomic mass is 32.2. The summed E-state index contributed by atoms with van der Waals surface area (Å²) in [7, 11) is 0. The van der Waals surface area contributed by atoms with Crippen molar-refractivity contribution >= 4 is 39.1 Å². The van der Waals surface area contributed by atoms with Gasteiger partial charge >= 0.3 is 0 Å². The number of nitrogens with two attached hydrogens (primary N) is 1. The normalized spacial score (nSPS) is 17.4. The fourth-order valence-corrected chi connectivity index (χ4v) is 5.29. The summed E-state index contributed by atoms with van der Waals surface area (Å²) in [4.78, 5) is 11.7. The van der Waals surface area contributed by atoms with Gasteiger partial charge in [0, 0.05) is 17.1 Å². The monoisotopic (exact) mass is 379 g/mol. The number of hydrogen-bond donors (Lipinski definition) is 1. The van der Waals surface area contributed by atoms with Crippen molar-refractivity contribution in [1.29, 1.82) is 0 Å². The first-order valence-electron chi connectivity index (χ1n) is 9.42. The summed E-state index contributed by atoms with van der Waals surface area (Å²) in [6, 6.07) is 0. The van der Waals surface area contributed by atoms with Crippen molar-refractivity contribution in [3.8, 4) is 0 Å². The van der Waals surface area contributed by atoms with E-state index in [2.05, 4.69) is 25.8 Å². The molecule has 0 aliphatic carbocycles. The smallest absolute Gasteiger partial charge is 0.190 e. The van der Waals surface area contributed by atoms with E-state index < -0.39 is 0 Å². The van der Waals surface area contributed by atoms with E-state index in [1.54, 1.807) is 23.1 Å². The zero-order chi connectivity index (χ0) is 17.8. The first-order valence-corrected chi connectivity index (χ1v) is 11.2. The highest BCUT2D eigenvalue weighted by Gasteiger charge is 2.27. The van der Waals surface area contributed by atoms with Crippen molar-refractivity contribution in [2.24, 2.45) is 5.92 Å². The van der Waals surface area contributed by atoms with Gasteiger partial charge in [0.15, 0.2) is 5.16 Å². The van der Waals surface area contributed by atoms with E-state index in [1.165, 1.54) is 42.5 Å². The number of rotatable bonds is 8. The molecule has 138 valence electrons. The minimum atomic E-state index is 0.266. The number of nitrogens with zero attached hydrogens (tertiary/aromatic N) is 2. The minimum absolute atomic E-state index is 0.266. The molecule has 2 N–H and O–H groups in total. The summed E-state index contributed by atoms with van der Waals surface area (Å²) in [6.45, 7) is 7.34. The Kier molecular flexibility index (Phi) is 6.58. The molecule has 0 spiro atoms. The molecule has 25 heavy (non-hydrogen) atoms. The first kappa shape index (κ1) is 18.9. The fraction of sp³-hybridized carbons (Fsp3) is 0.684. The van der Waals surface area contributed by atoms with E-state index >= 15 is 0 Å². The Labute approximate surface area is 159 Å². The molecule has 2 aromatic heterocycles. The minimum Gasteiger partial charge on any atom is -0.383 e. The van der Waals surface area contributed by atoms with Crippen molar-refractivity contribution < 1.29 is 4.74 Å². The molecule has 3 rings (SSSR count). The largest absolute Gasteiger partial charge is 0.383 e. The number of hydrogen-bond acceptors (Lipinski definition) is 6. The molecule has 1 unspecified atom stereocenters. The summed E-state index contributed by atoms with van der Waals surface area (Å²) >= 11 is 3.45. The lowest BCUT2D eigenvalue weighted by molar-refractivity contribution is 0.00203. The zero-order valence-electron chi connectivity index (χ0n) is 15.5. The molecule has 1 aliphatic heterocycles. The fourth-order valence-electron chi connectivity index (χ4n) is 3.25. The number of nitrogen functional groups attached to an aromatic ring is 1. The van der Waals surface area contributed by atoms with Crippen LogP contribution >= 0.6 is 23.1 Å². The van der Waals surface area contributed by atoms with Crippen LogP contribution in [0.4, 0.5) is 5.82 Å². The van der Waals surface area contributed by atoms with Crippen LogP contribution in [0.5, 0.6) is 0 Å². The van der Waals surface area contributed by atoms with E-state index in [9.17, 15) is 0 Å². The number of unbranched alkanes of at least 4 members (excludes halogenated alkanes) is 4. The third kappa shape index (κ3) is 4.47. The van der Waals surface area contributed by atoms with Gasteiger partial charge < -0.3 is 10.5 Å². The summed E-state index contributed by atoms with van der Waals surface area (Å²) in [5.41, 5.74) is 7.64. The molecule has 0 radical (unpaired) electrons. The lowest BCUT2D eigenvalue weighted by Crippen LogP contribution is -2.26. The maximum absolute atomic E-state index is 6.32. The quantitative estimate of drug-likeness (QED) is 0.376. The van der Waals surface area contributed by atoms with Gasteiger partial charge in [0.05, 0.1) is 18.1 Å². The number of thioether (sulfide) groups is 1. The second kappa shape index (κ2) is 8.69. The summed E-state index contributed by atoms with van der Waals surface area (Å²) in [5, 5.41) is 1.89. The van der Waals surface area contributed by atoms with Crippen LogP contribution in [-0.4, -0.2) is 21.8 Å². The Balaban J connectivity index is 1.71. The molecule has 0 fully saturated rings. The standard InChI is InChI=1S/C19H29N3OS2/c1-4-5-6-7-8-9-24-19-21-17(20)16-13-10-14(12(2)3)23-11-15(13)25-18(16)22-19/h12,14H,4-11H2,1-3H3,(H2,20,21,22). The third-order valence-electron chi connectivity index (χ3n) is 4.80. The highest BCUT2D eigenvalue weighted by molar-refractivity contribution is 7.99. The molecular weight excluding hydrogens is 350 g/mol. The number of aromatic nitrogens is 2. The van der Waals surface area contributed by atoms with Crippen LogP contribution < -0.4 is 5.73 Å². The van der Waals surface area contributed by atoms with Gasteiger partial charge in [0.1, 0.15) is 10.6 Å². The SMILES string of the molecule is CCCCCCCSc1nc(N)c2c3c(sc2n1)COC(C(C)C)C3. The predicted molar refractivity (Wildman–Crippen MR) is 108 cm³/mol. The van der Waals surface area contributed by atoms with Crippen LogP contribution in [-0.2, 0) is 17.8 Å². The van der Waals surface area contributed by atoms with E-state index in [1.807, 2.05) is 0 Å². The Morgan fingerprint density at radius 2 is 2.04 bits per heavy atom. The maximum atomic E-state index is 6.32. The second-order valence-electron chi connectivity index (χ2n) is 7.14. The van der Waals surface area contributed by atoms with Crippen molar-refractivity contribution in [2.75, 3.05) is 11.5 Å². The summed E-state index contributed by atoms with van der Waals surface area (Å²) in [6.07, 6.45) is 7.64. The van der Waals surface area contributed by atoms with Gasteiger partial charge in [-0.25, -0.2) is 9.97 Å². The van der Waals surface area contributed by atoms with Crippen LogP contribution in [0.2, 0.25) is 0 Å². The van der Waals surface area contributed by atoms with Gasteiger partial charge in [-0.3, -0.25) is 0 Å². The Morgan fingerprint density at radius 1 is 1.24 bits per heavy atom. The average Bonchev–Trinajstić information content (AvgIpc) is 2.95. The maximum Gasteiger partial charge on any atom is 0.190 e. The third-order valence-corrected chi connectivity index (χ3v) is 6.83. The van der Waals surface area contributed by atoms with Gasteiger partial charge in [-0.1, -0.05) is 58.2 Å². The van der Waals surface area contributed by atoms with E-state index in [0.717, 1.165) is 27.5 Å². The van der Waals surface area contributed by atoms with Crippen LogP contribution in [0, 0.1) is 5.92 Å². The Morgan fingerprint density at radius 3 is 2.80 bits per heavy atom. The van der Waals surface area contributed by atoms with Crippen LogP contribution in [0.1, 0.15) is 63.3 Å². The molecule has 0 saturated heterocycles. The van der Waals surface area contributed by atoms with Crippen molar-refractivity contribution in [3.05, 3.63) is 10.4 Å².